The van der Waals surface area contributed by atoms with E-state index in [-0.39, 0.29) is 37.5 Å². The smallest absolute Gasteiger partial charge is 0.306 e. The zero-order valence-corrected chi connectivity index (χ0v) is 43.8. The van der Waals surface area contributed by atoms with Crippen molar-refractivity contribution in [1.29, 1.82) is 0 Å². The van der Waals surface area contributed by atoms with Gasteiger partial charge in [-0.3, -0.25) is 14.4 Å². The fourth-order valence-electron chi connectivity index (χ4n) is 7.10. The van der Waals surface area contributed by atoms with E-state index in [1.54, 1.807) is 0 Å². The van der Waals surface area contributed by atoms with Gasteiger partial charge in [0.25, 0.3) is 0 Å². The summed E-state index contributed by atoms with van der Waals surface area (Å²) < 4.78 is 16.8. The van der Waals surface area contributed by atoms with E-state index in [1.165, 1.54) is 44.9 Å². The first kappa shape index (κ1) is 63.8. The Morgan fingerprint density at radius 1 is 0.309 bits per heavy atom. The van der Waals surface area contributed by atoms with Crippen molar-refractivity contribution in [1.82, 2.24) is 0 Å². The van der Waals surface area contributed by atoms with Gasteiger partial charge in [-0.05, 0) is 128 Å². The lowest BCUT2D eigenvalue weighted by atomic mass is 10.1. The maximum absolute atomic E-state index is 12.8. The van der Waals surface area contributed by atoms with E-state index in [1.807, 2.05) is 0 Å². The highest BCUT2D eigenvalue weighted by Gasteiger charge is 2.19. The molecule has 6 heteroatoms. The number of carbonyl (C=O) groups excluding carboxylic acids is 3. The molecule has 0 rings (SSSR count). The van der Waals surface area contributed by atoms with Gasteiger partial charge in [-0.15, -0.1) is 0 Å². The number of carbonyl (C=O) groups is 3. The maximum Gasteiger partial charge on any atom is 0.306 e. The third-order valence-corrected chi connectivity index (χ3v) is 11.2. The van der Waals surface area contributed by atoms with Gasteiger partial charge < -0.3 is 14.2 Å². The van der Waals surface area contributed by atoms with Gasteiger partial charge in [0, 0.05) is 19.3 Å². The van der Waals surface area contributed by atoms with Crippen molar-refractivity contribution in [2.45, 2.75) is 239 Å². The number of hydrogen-bond donors (Lipinski definition) is 0. The predicted molar refractivity (Wildman–Crippen MR) is 293 cm³/mol. The van der Waals surface area contributed by atoms with Crippen molar-refractivity contribution >= 4 is 17.9 Å². The normalized spacial score (nSPS) is 13.0. The fourth-order valence-corrected chi connectivity index (χ4v) is 7.10. The Morgan fingerprint density at radius 2 is 0.574 bits per heavy atom. The number of ether oxygens (including phenoxy) is 3. The molecule has 68 heavy (non-hydrogen) atoms. The third kappa shape index (κ3) is 52.8. The first-order valence-corrected chi connectivity index (χ1v) is 27.5. The third-order valence-electron chi connectivity index (χ3n) is 11.2. The number of allylic oxidation sites excluding steroid dienone is 20. The van der Waals surface area contributed by atoms with Crippen LogP contribution in [0, 0.1) is 0 Å². The Morgan fingerprint density at radius 3 is 0.941 bits per heavy atom. The molecule has 0 aromatic carbocycles. The van der Waals surface area contributed by atoms with Gasteiger partial charge in [-0.25, -0.2) is 0 Å². The van der Waals surface area contributed by atoms with E-state index in [2.05, 4.69) is 142 Å². The molecule has 1 atom stereocenters. The lowest BCUT2D eigenvalue weighted by molar-refractivity contribution is -0.167. The minimum absolute atomic E-state index is 0.108. The second kappa shape index (κ2) is 55.4. The van der Waals surface area contributed by atoms with Crippen LogP contribution in [0.3, 0.4) is 0 Å². The summed E-state index contributed by atoms with van der Waals surface area (Å²) in [6.07, 6.45) is 76.1. The average molecular weight is 941 g/mol. The molecule has 0 aromatic heterocycles. The van der Waals surface area contributed by atoms with Crippen LogP contribution in [-0.2, 0) is 28.6 Å². The second-order valence-electron chi connectivity index (χ2n) is 17.7. The van der Waals surface area contributed by atoms with Gasteiger partial charge in [-0.1, -0.05) is 206 Å². The summed E-state index contributed by atoms with van der Waals surface area (Å²) in [6.45, 7) is 6.33. The maximum atomic E-state index is 12.8. The van der Waals surface area contributed by atoms with Gasteiger partial charge in [0.05, 0.1) is 0 Å². The van der Waals surface area contributed by atoms with Crippen LogP contribution in [0.4, 0.5) is 0 Å². The van der Waals surface area contributed by atoms with Crippen molar-refractivity contribution in [2.75, 3.05) is 13.2 Å². The summed E-state index contributed by atoms with van der Waals surface area (Å²) in [5.74, 6) is -0.982. The monoisotopic (exact) mass is 941 g/mol. The summed E-state index contributed by atoms with van der Waals surface area (Å²) in [6, 6.07) is 0. The first-order valence-electron chi connectivity index (χ1n) is 27.5. The van der Waals surface area contributed by atoms with E-state index < -0.39 is 6.10 Å². The van der Waals surface area contributed by atoms with Crippen molar-refractivity contribution in [3.05, 3.63) is 122 Å². The number of hydrogen-bond acceptors (Lipinski definition) is 6. The minimum atomic E-state index is -0.815. The fraction of sp³-hybridized carbons (Fsp3) is 0.629. The van der Waals surface area contributed by atoms with E-state index >= 15 is 0 Å². The topological polar surface area (TPSA) is 78.9 Å². The standard InChI is InChI=1S/C62H100O6/c1-4-7-10-13-16-19-22-25-28-29-30-31-32-33-35-37-40-43-46-49-52-55-61(64)67-58-59(57-66-60(63)54-51-48-45-42-39-36-27-24-21-18-15-12-9-6-3)68-62(65)56-53-50-47-44-41-38-34-26-23-20-17-14-11-8-5-2/h7-8,10-11,16-17,19-20,24-28,30-31,33-35,41,44,59H,4-6,9,12-15,18,21-23,29,32,36-40,42-43,45-58H2,1-3H3/b10-7-,11-8-,19-16-,20-17-,27-24-,28-25-,31-30-,34-26-,35-33-,44-41-. The molecular weight excluding hydrogens is 841 g/mol. The highest BCUT2D eigenvalue weighted by atomic mass is 16.6. The summed E-state index contributed by atoms with van der Waals surface area (Å²) in [5, 5.41) is 0. The molecule has 0 aromatic rings. The molecule has 0 aliphatic rings. The Labute approximate surface area is 418 Å². The average Bonchev–Trinajstić information content (AvgIpc) is 3.34. The van der Waals surface area contributed by atoms with Crippen LogP contribution in [0.15, 0.2) is 122 Å². The molecule has 384 valence electrons. The number of unbranched alkanes of at least 4 members (excludes halogenated alkanes) is 17. The zero-order valence-electron chi connectivity index (χ0n) is 43.8. The lowest BCUT2D eigenvalue weighted by Crippen LogP contribution is -2.30. The molecule has 0 aliphatic heterocycles. The van der Waals surface area contributed by atoms with Crippen molar-refractivity contribution < 1.29 is 28.6 Å². The van der Waals surface area contributed by atoms with Gasteiger partial charge >= 0.3 is 17.9 Å². The molecule has 0 bridgehead atoms. The van der Waals surface area contributed by atoms with E-state index in [0.717, 1.165) is 141 Å². The minimum Gasteiger partial charge on any atom is -0.462 e. The molecule has 0 spiro atoms. The molecule has 0 fully saturated rings. The zero-order chi connectivity index (χ0) is 49.3. The Bertz CT molecular complexity index is 1450. The lowest BCUT2D eigenvalue weighted by Gasteiger charge is -2.18. The van der Waals surface area contributed by atoms with Crippen molar-refractivity contribution in [3.8, 4) is 0 Å². The highest BCUT2D eigenvalue weighted by Crippen LogP contribution is 2.13. The highest BCUT2D eigenvalue weighted by molar-refractivity contribution is 5.71. The van der Waals surface area contributed by atoms with Crippen LogP contribution in [0.1, 0.15) is 233 Å². The molecule has 0 aliphatic carbocycles. The van der Waals surface area contributed by atoms with E-state index in [0.29, 0.717) is 19.3 Å². The molecule has 0 radical (unpaired) electrons. The summed E-state index contributed by atoms with van der Waals surface area (Å²) >= 11 is 0. The van der Waals surface area contributed by atoms with Crippen LogP contribution in [-0.4, -0.2) is 37.2 Å². The molecule has 0 saturated carbocycles. The molecule has 6 nitrogen and oxygen atoms in total. The van der Waals surface area contributed by atoms with Crippen LogP contribution in [0.2, 0.25) is 0 Å². The summed E-state index contributed by atoms with van der Waals surface area (Å²) in [7, 11) is 0. The largest absolute Gasteiger partial charge is 0.462 e. The number of esters is 3. The van der Waals surface area contributed by atoms with E-state index in [9.17, 15) is 14.4 Å². The molecule has 1 unspecified atom stereocenters. The van der Waals surface area contributed by atoms with Crippen molar-refractivity contribution in [2.24, 2.45) is 0 Å². The van der Waals surface area contributed by atoms with Gasteiger partial charge in [0.1, 0.15) is 13.2 Å². The molecular formula is C62H100O6. The predicted octanol–water partition coefficient (Wildman–Crippen LogP) is 18.5. The van der Waals surface area contributed by atoms with Gasteiger partial charge in [0.15, 0.2) is 6.10 Å². The summed E-state index contributed by atoms with van der Waals surface area (Å²) in [5.41, 5.74) is 0. The Kier molecular flexibility index (Phi) is 52.0. The molecule has 0 amide bonds. The first-order chi connectivity index (χ1) is 33.5. The molecule has 0 N–H and O–H groups in total. The van der Waals surface area contributed by atoms with Crippen molar-refractivity contribution in [3.63, 3.8) is 0 Å². The van der Waals surface area contributed by atoms with Crippen LogP contribution in [0.5, 0.6) is 0 Å². The van der Waals surface area contributed by atoms with Crippen LogP contribution >= 0.6 is 0 Å². The molecule has 0 heterocycles. The Hall–Kier alpha value is -4.19. The number of rotatable bonds is 48. The summed E-state index contributed by atoms with van der Waals surface area (Å²) in [4.78, 5) is 38.1. The van der Waals surface area contributed by atoms with Crippen LogP contribution in [0.25, 0.3) is 0 Å². The second-order valence-corrected chi connectivity index (χ2v) is 17.7. The van der Waals surface area contributed by atoms with Gasteiger partial charge in [0.2, 0.25) is 0 Å². The quantitative estimate of drug-likeness (QED) is 0.0262. The van der Waals surface area contributed by atoms with E-state index in [4.69, 9.17) is 14.2 Å². The molecule has 0 saturated heterocycles. The SMILES string of the molecule is CC/C=C\C/C=C\C/C=C\C/C=C\C/C=C\CCCCCCCC(=O)OCC(COC(=O)CCCCCCC/C=C\CCCCCCC)OC(=O)CCCC/C=C\C/C=C\C/C=C\C/C=C\CC. The Balaban J connectivity index is 4.49. The van der Waals surface area contributed by atoms with Crippen LogP contribution < -0.4 is 0 Å². The van der Waals surface area contributed by atoms with Gasteiger partial charge in [-0.2, -0.15) is 0 Å².